The van der Waals surface area contributed by atoms with Crippen molar-refractivity contribution < 1.29 is 23.9 Å². The van der Waals surface area contributed by atoms with Crippen molar-refractivity contribution in [3.8, 4) is 5.75 Å². The number of hydrogen-bond donors (Lipinski definition) is 1. The Bertz CT molecular complexity index is 956. The average Bonchev–Trinajstić information content (AvgIpc) is 3.17. The minimum absolute atomic E-state index is 0.179. The van der Waals surface area contributed by atoms with E-state index in [1.807, 2.05) is 36.6 Å². The first kappa shape index (κ1) is 21.5. The van der Waals surface area contributed by atoms with Gasteiger partial charge in [0.2, 0.25) is 11.8 Å². The normalized spacial score (nSPS) is 16.4. The van der Waals surface area contributed by atoms with Crippen LogP contribution >= 0.6 is 11.3 Å². The van der Waals surface area contributed by atoms with Gasteiger partial charge >= 0.3 is 5.97 Å². The number of amides is 2. The van der Waals surface area contributed by atoms with E-state index in [0.29, 0.717) is 25.4 Å². The van der Waals surface area contributed by atoms with Crippen LogP contribution in [0.5, 0.6) is 5.75 Å². The van der Waals surface area contributed by atoms with Gasteiger partial charge in [0.1, 0.15) is 18.4 Å². The summed E-state index contributed by atoms with van der Waals surface area (Å²) in [7, 11) is 1.25. The van der Waals surface area contributed by atoms with Crippen molar-refractivity contribution in [3.63, 3.8) is 0 Å². The van der Waals surface area contributed by atoms with Crippen molar-refractivity contribution in [1.82, 2.24) is 15.2 Å². The molecule has 1 aliphatic heterocycles. The summed E-state index contributed by atoms with van der Waals surface area (Å²) in [4.78, 5) is 42.1. The second kappa shape index (κ2) is 10.0. The number of hydrogen-bond acceptors (Lipinski definition) is 7. The molecule has 0 spiro atoms. The number of rotatable bonds is 7. The fourth-order valence-electron chi connectivity index (χ4n) is 3.03. The first-order valence-electron chi connectivity index (χ1n) is 9.43. The Kier molecular flexibility index (Phi) is 7.18. The Morgan fingerprint density at radius 3 is 2.97 bits per heavy atom. The average molecular weight is 429 g/mol. The minimum Gasteiger partial charge on any atom is -0.487 e. The van der Waals surface area contributed by atoms with Crippen LogP contribution in [-0.4, -0.2) is 53.9 Å². The molecule has 1 fully saturated rings. The van der Waals surface area contributed by atoms with Crippen LogP contribution < -0.4 is 10.1 Å². The molecule has 8 nitrogen and oxygen atoms in total. The zero-order valence-electron chi connectivity index (χ0n) is 16.8. The molecule has 1 aliphatic rings. The summed E-state index contributed by atoms with van der Waals surface area (Å²) in [5, 5.41) is 5.61. The predicted octanol–water partition coefficient (Wildman–Crippen LogP) is 1.93. The Morgan fingerprint density at radius 1 is 1.40 bits per heavy atom. The first-order chi connectivity index (χ1) is 14.5. The highest BCUT2D eigenvalue weighted by Crippen LogP contribution is 2.18. The highest BCUT2D eigenvalue weighted by atomic mass is 32.1. The topological polar surface area (TPSA) is 97.8 Å². The number of ether oxygens (including phenoxy) is 2. The van der Waals surface area contributed by atoms with Gasteiger partial charge in [-0.15, -0.1) is 11.3 Å². The summed E-state index contributed by atoms with van der Waals surface area (Å²) in [6.07, 6.45) is 2.87. The van der Waals surface area contributed by atoms with Gasteiger partial charge in [-0.05, 0) is 30.7 Å². The molecule has 1 saturated heterocycles. The third-order valence-corrected chi connectivity index (χ3v) is 5.35. The molecule has 0 aliphatic carbocycles. The zero-order valence-corrected chi connectivity index (χ0v) is 17.6. The van der Waals surface area contributed by atoms with Crippen molar-refractivity contribution in [3.05, 3.63) is 52.0 Å². The molecule has 3 rings (SSSR count). The van der Waals surface area contributed by atoms with E-state index in [1.54, 1.807) is 17.4 Å². The van der Waals surface area contributed by atoms with Crippen molar-refractivity contribution >= 4 is 35.2 Å². The molecular weight excluding hydrogens is 406 g/mol. The number of benzene rings is 1. The van der Waals surface area contributed by atoms with E-state index in [0.717, 1.165) is 16.3 Å². The van der Waals surface area contributed by atoms with Crippen molar-refractivity contribution in [2.45, 2.75) is 26.0 Å². The molecule has 9 heteroatoms. The van der Waals surface area contributed by atoms with E-state index < -0.39 is 12.0 Å². The monoisotopic (exact) mass is 429 g/mol. The third kappa shape index (κ3) is 5.66. The van der Waals surface area contributed by atoms with Gasteiger partial charge in [0.15, 0.2) is 0 Å². The summed E-state index contributed by atoms with van der Waals surface area (Å²) in [6, 6.07) is 6.45. The van der Waals surface area contributed by atoms with Gasteiger partial charge in [-0.1, -0.05) is 12.1 Å². The molecule has 1 unspecified atom stereocenters. The lowest BCUT2D eigenvalue weighted by Gasteiger charge is -2.33. The van der Waals surface area contributed by atoms with Crippen LogP contribution in [0.1, 0.15) is 22.7 Å². The van der Waals surface area contributed by atoms with Crippen molar-refractivity contribution in [2.24, 2.45) is 0 Å². The molecule has 1 N–H and O–H groups in total. The zero-order chi connectivity index (χ0) is 21.5. The van der Waals surface area contributed by atoms with Gasteiger partial charge in [0, 0.05) is 24.5 Å². The summed E-state index contributed by atoms with van der Waals surface area (Å²) in [6.45, 7) is 2.98. The van der Waals surface area contributed by atoms with Crippen LogP contribution in [-0.2, 0) is 25.7 Å². The number of nitrogens with one attached hydrogen (secondary N) is 1. The largest absolute Gasteiger partial charge is 0.487 e. The SMILES string of the molecule is COC(=O)CC1C(=O)NCCN1C(=O)/C=C/c1cccc(OCc2csc(C)n2)c1. The summed E-state index contributed by atoms with van der Waals surface area (Å²) < 4.78 is 10.4. The molecule has 1 atom stereocenters. The summed E-state index contributed by atoms with van der Waals surface area (Å²) in [5.41, 5.74) is 1.65. The van der Waals surface area contributed by atoms with Crippen LogP contribution in [0.4, 0.5) is 0 Å². The number of carbonyl (C=O) groups excluding carboxylic acids is 3. The molecular formula is C21H23N3O5S. The number of methoxy groups -OCH3 is 1. The Morgan fingerprint density at radius 2 is 2.23 bits per heavy atom. The molecule has 30 heavy (non-hydrogen) atoms. The van der Waals surface area contributed by atoms with Crippen LogP contribution in [0, 0.1) is 6.92 Å². The molecule has 1 aromatic carbocycles. The van der Waals surface area contributed by atoms with Gasteiger partial charge in [0.05, 0.1) is 24.2 Å². The van der Waals surface area contributed by atoms with E-state index in [-0.39, 0.29) is 18.2 Å². The lowest BCUT2D eigenvalue weighted by atomic mass is 10.1. The minimum atomic E-state index is -0.875. The molecule has 0 radical (unpaired) electrons. The number of piperazine rings is 1. The number of esters is 1. The highest BCUT2D eigenvalue weighted by molar-refractivity contribution is 7.09. The quantitative estimate of drug-likeness (QED) is 0.534. The van der Waals surface area contributed by atoms with Gasteiger partial charge in [-0.2, -0.15) is 0 Å². The maximum absolute atomic E-state index is 12.7. The van der Waals surface area contributed by atoms with Crippen molar-refractivity contribution in [2.75, 3.05) is 20.2 Å². The van der Waals surface area contributed by atoms with Crippen molar-refractivity contribution in [1.29, 1.82) is 0 Å². The Labute approximate surface area is 178 Å². The molecule has 0 bridgehead atoms. The van der Waals surface area contributed by atoms with Crippen LogP contribution in [0.2, 0.25) is 0 Å². The second-order valence-corrected chi connectivity index (χ2v) is 7.73. The van der Waals surface area contributed by atoms with E-state index in [1.165, 1.54) is 18.1 Å². The number of thiazole rings is 1. The summed E-state index contributed by atoms with van der Waals surface area (Å²) in [5.74, 6) is -0.584. The van der Waals surface area contributed by atoms with Gasteiger partial charge in [0.25, 0.3) is 0 Å². The molecule has 2 aromatic rings. The van der Waals surface area contributed by atoms with Gasteiger partial charge in [-0.3, -0.25) is 14.4 Å². The molecule has 1 aromatic heterocycles. The third-order valence-electron chi connectivity index (χ3n) is 4.53. The highest BCUT2D eigenvalue weighted by Gasteiger charge is 2.34. The van der Waals surface area contributed by atoms with Gasteiger partial charge < -0.3 is 19.7 Å². The number of aromatic nitrogens is 1. The fraction of sp³-hybridized carbons (Fsp3) is 0.333. The van der Waals surface area contributed by atoms with E-state index in [4.69, 9.17) is 4.74 Å². The molecule has 158 valence electrons. The van der Waals surface area contributed by atoms with Crippen LogP contribution in [0.3, 0.4) is 0 Å². The van der Waals surface area contributed by atoms with E-state index in [9.17, 15) is 14.4 Å². The number of aryl methyl sites for hydroxylation is 1. The van der Waals surface area contributed by atoms with Crippen LogP contribution in [0.15, 0.2) is 35.7 Å². The standard InChI is InChI=1S/C21H23N3O5S/c1-14-23-16(13-30-14)12-29-17-5-3-4-15(10-17)6-7-19(25)24-9-8-22-21(27)18(24)11-20(26)28-2/h3-7,10,13,18H,8-9,11-12H2,1-2H3,(H,22,27)/b7-6+. The maximum atomic E-state index is 12.7. The lowest BCUT2D eigenvalue weighted by molar-refractivity contribution is -0.148. The smallest absolute Gasteiger partial charge is 0.308 e. The second-order valence-electron chi connectivity index (χ2n) is 6.67. The Hall–Kier alpha value is -3.20. The molecule has 2 amide bonds. The van der Waals surface area contributed by atoms with E-state index >= 15 is 0 Å². The number of nitrogens with zero attached hydrogens (tertiary/aromatic N) is 2. The fourth-order valence-corrected chi connectivity index (χ4v) is 3.62. The first-order valence-corrected chi connectivity index (χ1v) is 10.3. The van der Waals surface area contributed by atoms with Gasteiger partial charge in [-0.25, -0.2) is 4.98 Å². The lowest BCUT2D eigenvalue weighted by Crippen LogP contribution is -2.57. The molecule has 2 heterocycles. The Balaban J connectivity index is 1.64. The maximum Gasteiger partial charge on any atom is 0.308 e. The van der Waals surface area contributed by atoms with Crippen LogP contribution in [0.25, 0.3) is 6.08 Å². The predicted molar refractivity (Wildman–Crippen MR) is 112 cm³/mol. The summed E-state index contributed by atoms with van der Waals surface area (Å²) >= 11 is 1.57. The number of carbonyl (C=O) groups is 3. The van der Waals surface area contributed by atoms with E-state index in [2.05, 4.69) is 15.0 Å². The molecule has 0 saturated carbocycles.